The molecule has 0 amide bonds. The highest BCUT2D eigenvalue weighted by Gasteiger charge is 2.27. The van der Waals surface area contributed by atoms with Crippen molar-refractivity contribution in [3.05, 3.63) is 70.3 Å². The number of rotatable bonds is 3. The maximum absolute atomic E-state index is 12.7. The van der Waals surface area contributed by atoms with E-state index in [1.165, 1.54) is 22.3 Å². The molecule has 2 heteroatoms. The predicted molar refractivity (Wildman–Crippen MR) is 85.4 cm³/mol. The van der Waals surface area contributed by atoms with Crippen molar-refractivity contribution in [1.82, 2.24) is 4.90 Å². The maximum Gasteiger partial charge on any atom is 0.179 e. The quantitative estimate of drug-likeness (QED) is 0.794. The highest BCUT2D eigenvalue weighted by atomic mass is 16.1. The summed E-state index contributed by atoms with van der Waals surface area (Å²) in [5, 5.41) is 0. The second-order valence-corrected chi connectivity index (χ2v) is 6.01. The number of nitrogens with zero attached hydrogens (tertiary/aromatic N) is 1. The summed E-state index contributed by atoms with van der Waals surface area (Å²) in [6, 6.07) is 14.4. The van der Waals surface area contributed by atoms with E-state index in [1.54, 1.807) is 0 Å². The Morgan fingerprint density at radius 2 is 1.62 bits per heavy atom. The van der Waals surface area contributed by atoms with Gasteiger partial charge in [0.05, 0.1) is 6.04 Å². The van der Waals surface area contributed by atoms with E-state index in [1.807, 2.05) is 25.1 Å². The Hall–Kier alpha value is -1.93. The van der Waals surface area contributed by atoms with Crippen molar-refractivity contribution in [2.75, 3.05) is 0 Å². The molecule has 0 saturated carbocycles. The molecule has 1 unspecified atom stereocenters. The van der Waals surface area contributed by atoms with E-state index >= 15 is 0 Å². The van der Waals surface area contributed by atoms with Crippen molar-refractivity contribution in [3.8, 4) is 0 Å². The van der Waals surface area contributed by atoms with Gasteiger partial charge < -0.3 is 0 Å². The first-order chi connectivity index (χ1) is 10.1. The van der Waals surface area contributed by atoms with Crippen molar-refractivity contribution in [1.29, 1.82) is 0 Å². The summed E-state index contributed by atoms with van der Waals surface area (Å²) in [6.07, 6.45) is 0. The largest absolute Gasteiger partial charge is 0.292 e. The van der Waals surface area contributed by atoms with Gasteiger partial charge >= 0.3 is 0 Å². The Labute approximate surface area is 126 Å². The third-order valence-electron chi connectivity index (χ3n) is 4.58. The van der Waals surface area contributed by atoms with E-state index < -0.39 is 0 Å². The summed E-state index contributed by atoms with van der Waals surface area (Å²) in [5.74, 6) is 0.214. The van der Waals surface area contributed by atoms with Gasteiger partial charge in [-0.05, 0) is 49.1 Å². The van der Waals surface area contributed by atoms with E-state index in [-0.39, 0.29) is 11.8 Å². The Bertz CT molecular complexity index is 665. The molecule has 2 aromatic carbocycles. The lowest BCUT2D eigenvalue weighted by atomic mass is 10.00. The fourth-order valence-corrected chi connectivity index (χ4v) is 2.94. The molecule has 0 spiro atoms. The summed E-state index contributed by atoms with van der Waals surface area (Å²) in [5.41, 5.74) is 5.92. The number of fused-ring (bicyclic) bond motifs is 1. The Kier molecular flexibility index (Phi) is 3.64. The van der Waals surface area contributed by atoms with Gasteiger partial charge in [0.15, 0.2) is 5.78 Å². The first-order valence-corrected chi connectivity index (χ1v) is 7.48. The van der Waals surface area contributed by atoms with Gasteiger partial charge in [0.25, 0.3) is 0 Å². The SMILES string of the molecule is Cc1ccc(C(=O)C(C)N2Cc3ccccc3C2)cc1C. The first kappa shape index (κ1) is 14.0. The van der Waals surface area contributed by atoms with Crippen LogP contribution in [0.15, 0.2) is 42.5 Å². The van der Waals surface area contributed by atoms with Crippen LogP contribution in [0.25, 0.3) is 0 Å². The lowest BCUT2D eigenvalue weighted by molar-refractivity contribution is 0.0835. The number of carbonyl (C=O) groups excluding carboxylic acids is 1. The van der Waals surface area contributed by atoms with E-state index in [9.17, 15) is 4.79 Å². The number of ketones is 1. The molecule has 0 saturated heterocycles. The minimum atomic E-state index is -0.0838. The normalized spacial score (nSPS) is 15.8. The Morgan fingerprint density at radius 3 is 2.19 bits per heavy atom. The Balaban J connectivity index is 1.78. The monoisotopic (exact) mass is 279 g/mol. The second-order valence-electron chi connectivity index (χ2n) is 6.01. The van der Waals surface area contributed by atoms with Crippen molar-refractivity contribution in [3.63, 3.8) is 0 Å². The summed E-state index contributed by atoms with van der Waals surface area (Å²) in [6.45, 7) is 7.89. The molecular weight excluding hydrogens is 258 g/mol. The van der Waals surface area contributed by atoms with E-state index in [0.29, 0.717) is 0 Å². The van der Waals surface area contributed by atoms with Crippen LogP contribution >= 0.6 is 0 Å². The molecule has 0 bridgehead atoms. The molecular formula is C19H21NO. The van der Waals surface area contributed by atoms with Gasteiger partial charge in [-0.3, -0.25) is 9.69 Å². The third kappa shape index (κ3) is 2.64. The first-order valence-electron chi connectivity index (χ1n) is 7.48. The molecule has 3 rings (SSSR count). The van der Waals surface area contributed by atoms with Crippen LogP contribution in [-0.4, -0.2) is 16.7 Å². The van der Waals surface area contributed by atoms with Crippen LogP contribution in [-0.2, 0) is 13.1 Å². The molecule has 2 nitrogen and oxygen atoms in total. The van der Waals surface area contributed by atoms with Crippen molar-refractivity contribution in [2.24, 2.45) is 0 Å². The van der Waals surface area contributed by atoms with E-state index in [4.69, 9.17) is 0 Å². The maximum atomic E-state index is 12.7. The number of carbonyl (C=O) groups is 1. The number of benzene rings is 2. The lowest BCUT2D eigenvalue weighted by Gasteiger charge is -2.22. The summed E-state index contributed by atoms with van der Waals surface area (Å²) >= 11 is 0. The number of aryl methyl sites for hydroxylation is 2. The minimum Gasteiger partial charge on any atom is -0.292 e. The van der Waals surface area contributed by atoms with Gasteiger partial charge in [0.1, 0.15) is 0 Å². The van der Waals surface area contributed by atoms with Crippen molar-refractivity contribution >= 4 is 5.78 Å². The van der Waals surface area contributed by atoms with Crippen LogP contribution in [0.5, 0.6) is 0 Å². The van der Waals surface area contributed by atoms with Crippen LogP contribution < -0.4 is 0 Å². The second kappa shape index (κ2) is 5.45. The van der Waals surface area contributed by atoms with Crippen molar-refractivity contribution < 1.29 is 4.79 Å². The molecule has 0 fully saturated rings. The lowest BCUT2D eigenvalue weighted by Crippen LogP contribution is -2.35. The number of hydrogen-bond acceptors (Lipinski definition) is 2. The molecule has 1 aliphatic rings. The van der Waals surface area contributed by atoms with Gasteiger partial charge in [-0.25, -0.2) is 0 Å². The third-order valence-corrected chi connectivity index (χ3v) is 4.58. The van der Waals surface area contributed by atoms with Gasteiger partial charge in [0, 0.05) is 18.7 Å². The van der Waals surface area contributed by atoms with Crippen LogP contribution in [0, 0.1) is 13.8 Å². The van der Waals surface area contributed by atoms with E-state index in [0.717, 1.165) is 18.7 Å². The molecule has 21 heavy (non-hydrogen) atoms. The molecule has 1 atom stereocenters. The minimum absolute atomic E-state index is 0.0838. The topological polar surface area (TPSA) is 20.3 Å². The van der Waals surface area contributed by atoms with Crippen LogP contribution in [0.3, 0.4) is 0 Å². The standard InChI is InChI=1S/C19H21NO/c1-13-8-9-16(10-14(13)2)19(21)15(3)20-11-17-6-4-5-7-18(17)12-20/h4-10,15H,11-12H2,1-3H3. The summed E-state index contributed by atoms with van der Waals surface area (Å²) in [4.78, 5) is 15.0. The van der Waals surface area contributed by atoms with Gasteiger partial charge in [0.2, 0.25) is 0 Å². The predicted octanol–water partition coefficient (Wildman–Crippen LogP) is 3.89. The van der Waals surface area contributed by atoms with Crippen LogP contribution in [0.2, 0.25) is 0 Å². The summed E-state index contributed by atoms with van der Waals surface area (Å²) in [7, 11) is 0. The smallest absolute Gasteiger partial charge is 0.179 e. The molecule has 1 heterocycles. The molecule has 0 radical (unpaired) electrons. The fraction of sp³-hybridized carbons (Fsp3) is 0.316. The van der Waals surface area contributed by atoms with Gasteiger partial charge in [-0.15, -0.1) is 0 Å². The highest BCUT2D eigenvalue weighted by Crippen LogP contribution is 2.25. The molecule has 0 N–H and O–H groups in total. The van der Waals surface area contributed by atoms with Crippen LogP contribution in [0.4, 0.5) is 0 Å². The van der Waals surface area contributed by atoms with Gasteiger partial charge in [-0.2, -0.15) is 0 Å². The Morgan fingerprint density at radius 1 is 1.00 bits per heavy atom. The number of hydrogen-bond donors (Lipinski definition) is 0. The average molecular weight is 279 g/mol. The highest BCUT2D eigenvalue weighted by molar-refractivity contribution is 6.00. The van der Waals surface area contributed by atoms with E-state index in [2.05, 4.69) is 43.0 Å². The van der Waals surface area contributed by atoms with Crippen LogP contribution in [0.1, 0.15) is 39.5 Å². The zero-order valence-corrected chi connectivity index (χ0v) is 12.9. The molecule has 2 aromatic rings. The molecule has 1 aliphatic heterocycles. The summed E-state index contributed by atoms with van der Waals surface area (Å²) < 4.78 is 0. The zero-order chi connectivity index (χ0) is 15.0. The molecule has 108 valence electrons. The molecule has 0 aliphatic carbocycles. The molecule has 0 aromatic heterocycles. The van der Waals surface area contributed by atoms with Gasteiger partial charge in [-0.1, -0.05) is 36.4 Å². The average Bonchev–Trinajstić information content (AvgIpc) is 2.92. The number of Topliss-reactive ketones (excluding diaryl/α,β-unsaturated/α-hetero) is 1. The fourth-order valence-electron chi connectivity index (χ4n) is 2.94. The zero-order valence-electron chi connectivity index (χ0n) is 12.9. The van der Waals surface area contributed by atoms with Crippen molar-refractivity contribution in [2.45, 2.75) is 39.9 Å².